The molecule has 5 nitrogen and oxygen atoms in total. The van der Waals surface area contributed by atoms with Crippen molar-refractivity contribution < 1.29 is 18.7 Å². The Morgan fingerprint density at radius 2 is 2.00 bits per heavy atom. The first kappa shape index (κ1) is 16.6. The fraction of sp³-hybridized carbons (Fsp3) is 0.294. The van der Waals surface area contributed by atoms with Crippen LogP contribution in [-0.4, -0.2) is 12.1 Å². The summed E-state index contributed by atoms with van der Waals surface area (Å²) in [6.45, 7) is 5.02. The number of ether oxygens (including phenoxy) is 2. The van der Waals surface area contributed by atoms with E-state index in [1.807, 2.05) is 6.07 Å². The molecule has 6 heteroatoms. The largest absolute Gasteiger partial charge is 0.459 e. The fourth-order valence-corrected chi connectivity index (χ4v) is 2.41. The van der Waals surface area contributed by atoms with Gasteiger partial charge in [0.25, 0.3) is 0 Å². The van der Waals surface area contributed by atoms with Crippen molar-refractivity contribution in [3.63, 3.8) is 0 Å². The van der Waals surface area contributed by atoms with E-state index in [4.69, 9.17) is 15.2 Å². The van der Waals surface area contributed by atoms with Crippen LogP contribution in [0.15, 0.2) is 47.1 Å². The van der Waals surface area contributed by atoms with Gasteiger partial charge in [-0.05, 0) is 38.5 Å². The predicted octanol–water partition coefficient (Wildman–Crippen LogP) is 2.86. The molecule has 1 aromatic rings. The summed E-state index contributed by atoms with van der Waals surface area (Å²) in [5.41, 5.74) is 6.62. The maximum absolute atomic E-state index is 13.2. The van der Waals surface area contributed by atoms with E-state index in [1.54, 1.807) is 20.8 Å². The monoisotopic (exact) mass is 316 g/mol. The predicted molar refractivity (Wildman–Crippen MR) is 81.0 cm³/mol. The average Bonchev–Trinajstić information content (AvgIpc) is 2.46. The Hall–Kier alpha value is -2.81. The second-order valence-electron chi connectivity index (χ2n) is 5.40. The first-order valence-corrected chi connectivity index (χ1v) is 7.10. The van der Waals surface area contributed by atoms with Crippen LogP contribution in [0.25, 0.3) is 0 Å². The first-order valence-electron chi connectivity index (χ1n) is 7.10. The van der Waals surface area contributed by atoms with Crippen LogP contribution in [0.2, 0.25) is 0 Å². The Morgan fingerprint density at radius 1 is 1.39 bits per heavy atom. The van der Waals surface area contributed by atoms with Crippen molar-refractivity contribution in [2.45, 2.75) is 32.8 Å². The highest BCUT2D eigenvalue weighted by atomic mass is 19.1. The molecule has 1 aliphatic rings. The normalized spacial score (nSPS) is 17.8. The van der Waals surface area contributed by atoms with Gasteiger partial charge in [-0.3, -0.25) is 0 Å². The number of hydrogen-bond donors (Lipinski definition) is 1. The number of halogens is 1. The maximum atomic E-state index is 13.2. The molecule has 2 rings (SSSR count). The first-order chi connectivity index (χ1) is 10.8. The van der Waals surface area contributed by atoms with E-state index in [2.05, 4.69) is 0 Å². The number of hydrogen-bond acceptors (Lipinski definition) is 5. The van der Waals surface area contributed by atoms with Crippen LogP contribution >= 0.6 is 0 Å². The van der Waals surface area contributed by atoms with Gasteiger partial charge in [0.2, 0.25) is 5.88 Å². The molecule has 1 unspecified atom stereocenters. The number of benzene rings is 1. The standard InChI is InChI=1S/C17H17FN2O3/c1-9(2)22-17(21)14-10(3)23-16(20)13(8-19)15(14)11-4-6-12(18)7-5-11/h4-7,9,15H,20H2,1-3H3. The van der Waals surface area contributed by atoms with E-state index in [0.29, 0.717) is 5.56 Å². The Bertz CT molecular complexity index is 727. The van der Waals surface area contributed by atoms with Gasteiger partial charge >= 0.3 is 5.97 Å². The molecule has 1 aromatic carbocycles. The summed E-state index contributed by atoms with van der Waals surface area (Å²) in [4.78, 5) is 12.4. The molecule has 1 aliphatic heterocycles. The van der Waals surface area contributed by atoms with Gasteiger partial charge < -0.3 is 15.2 Å². The minimum Gasteiger partial charge on any atom is -0.459 e. The van der Waals surface area contributed by atoms with Crippen LogP contribution in [0, 0.1) is 17.1 Å². The van der Waals surface area contributed by atoms with Gasteiger partial charge in [-0.2, -0.15) is 5.26 Å². The number of nitrogens with two attached hydrogens (primary N) is 1. The third-order valence-corrected chi connectivity index (χ3v) is 3.37. The number of nitriles is 1. The number of allylic oxidation sites excluding steroid dienone is 2. The molecule has 0 aromatic heterocycles. The summed E-state index contributed by atoms with van der Waals surface area (Å²) in [6, 6.07) is 7.50. The van der Waals surface area contributed by atoms with E-state index in [1.165, 1.54) is 24.3 Å². The third-order valence-electron chi connectivity index (χ3n) is 3.37. The zero-order valence-corrected chi connectivity index (χ0v) is 13.1. The highest BCUT2D eigenvalue weighted by Crippen LogP contribution is 2.39. The molecule has 0 saturated carbocycles. The molecule has 0 amide bonds. The van der Waals surface area contributed by atoms with Gasteiger partial charge in [-0.25, -0.2) is 9.18 Å². The molecule has 0 aliphatic carbocycles. The number of esters is 1. The van der Waals surface area contributed by atoms with E-state index in [-0.39, 0.29) is 28.9 Å². The Balaban J connectivity index is 2.57. The molecule has 0 bridgehead atoms. The molecule has 120 valence electrons. The molecular weight excluding hydrogens is 299 g/mol. The zero-order valence-electron chi connectivity index (χ0n) is 13.1. The van der Waals surface area contributed by atoms with E-state index >= 15 is 0 Å². The summed E-state index contributed by atoms with van der Waals surface area (Å²) in [6.07, 6.45) is -0.328. The zero-order chi connectivity index (χ0) is 17.1. The van der Waals surface area contributed by atoms with Crippen molar-refractivity contribution in [3.8, 4) is 6.07 Å². The van der Waals surface area contributed by atoms with Gasteiger partial charge in [-0.15, -0.1) is 0 Å². The minimum absolute atomic E-state index is 0.0691. The van der Waals surface area contributed by atoms with Crippen LogP contribution in [0.1, 0.15) is 32.3 Å². The molecule has 0 radical (unpaired) electrons. The SMILES string of the molecule is CC1=C(C(=O)OC(C)C)C(c2ccc(F)cc2)C(C#N)=C(N)O1. The van der Waals surface area contributed by atoms with Crippen molar-refractivity contribution in [1.29, 1.82) is 5.26 Å². The van der Waals surface area contributed by atoms with E-state index in [9.17, 15) is 14.4 Å². The van der Waals surface area contributed by atoms with Gasteiger partial charge in [0.15, 0.2) is 0 Å². The van der Waals surface area contributed by atoms with Gasteiger partial charge in [0.05, 0.1) is 17.6 Å². The van der Waals surface area contributed by atoms with Crippen molar-refractivity contribution in [2.75, 3.05) is 0 Å². The van der Waals surface area contributed by atoms with Gasteiger partial charge in [0, 0.05) is 0 Å². The lowest BCUT2D eigenvalue weighted by Crippen LogP contribution is -2.26. The van der Waals surface area contributed by atoms with Crippen LogP contribution in [-0.2, 0) is 14.3 Å². The minimum atomic E-state index is -0.749. The number of carbonyl (C=O) groups is 1. The molecule has 2 N–H and O–H groups in total. The molecule has 0 saturated heterocycles. The Morgan fingerprint density at radius 3 is 2.52 bits per heavy atom. The fourth-order valence-electron chi connectivity index (χ4n) is 2.41. The summed E-state index contributed by atoms with van der Waals surface area (Å²) in [5, 5.41) is 9.40. The number of carbonyl (C=O) groups excluding carboxylic acids is 1. The van der Waals surface area contributed by atoms with Crippen LogP contribution in [0.4, 0.5) is 4.39 Å². The highest BCUT2D eigenvalue weighted by molar-refractivity contribution is 5.92. The van der Waals surface area contributed by atoms with Gasteiger partial charge in [0.1, 0.15) is 23.2 Å². The Kier molecular flexibility index (Phi) is 4.70. The summed E-state index contributed by atoms with van der Waals surface area (Å²) < 4.78 is 23.7. The molecule has 1 atom stereocenters. The van der Waals surface area contributed by atoms with E-state index < -0.39 is 17.7 Å². The summed E-state index contributed by atoms with van der Waals surface area (Å²) in [7, 11) is 0. The molecule has 0 fully saturated rings. The molecule has 1 heterocycles. The molecular formula is C17H17FN2O3. The van der Waals surface area contributed by atoms with Crippen molar-refractivity contribution >= 4 is 5.97 Å². The second kappa shape index (κ2) is 6.53. The second-order valence-corrected chi connectivity index (χ2v) is 5.40. The van der Waals surface area contributed by atoms with Gasteiger partial charge in [-0.1, -0.05) is 12.1 Å². The van der Waals surface area contributed by atoms with Crippen molar-refractivity contribution in [3.05, 3.63) is 58.4 Å². The maximum Gasteiger partial charge on any atom is 0.338 e. The summed E-state index contributed by atoms with van der Waals surface area (Å²) in [5.74, 6) is -1.56. The lowest BCUT2D eigenvalue weighted by molar-refractivity contribution is -0.143. The van der Waals surface area contributed by atoms with E-state index in [0.717, 1.165) is 0 Å². The average molecular weight is 316 g/mol. The van der Waals surface area contributed by atoms with Crippen molar-refractivity contribution in [2.24, 2.45) is 5.73 Å². The topological polar surface area (TPSA) is 85.3 Å². The lowest BCUT2D eigenvalue weighted by Gasteiger charge is -2.27. The Labute approximate surface area is 133 Å². The van der Waals surface area contributed by atoms with Crippen LogP contribution < -0.4 is 5.73 Å². The molecule has 23 heavy (non-hydrogen) atoms. The van der Waals surface area contributed by atoms with Crippen molar-refractivity contribution in [1.82, 2.24) is 0 Å². The third kappa shape index (κ3) is 3.34. The lowest BCUT2D eigenvalue weighted by atomic mass is 9.83. The molecule has 0 spiro atoms. The smallest absolute Gasteiger partial charge is 0.338 e. The highest BCUT2D eigenvalue weighted by Gasteiger charge is 2.36. The summed E-state index contributed by atoms with van der Waals surface area (Å²) >= 11 is 0. The van der Waals surface area contributed by atoms with Crippen LogP contribution in [0.5, 0.6) is 0 Å². The number of rotatable bonds is 3. The quantitative estimate of drug-likeness (QED) is 0.867. The van der Waals surface area contributed by atoms with Crippen LogP contribution in [0.3, 0.4) is 0 Å². The number of nitrogens with zero attached hydrogens (tertiary/aromatic N) is 1.